The van der Waals surface area contributed by atoms with E-state index >= 15 is 0 Å². The molecule has 0 bridgehead atoms. The molecule has 0 aromatic heterocycles. The molecule has 0 atom stereocenters. The summed E-state index contributed by atoms with van der Waals surface area (Å²) in [5.74, 6) is 0.172. The number of halogens is 2. The molecule has 14 heavy (non-hydrogen) atoms. The Balaban J connectivity index is 2.24. The number of nitrogens with one attached hydrogen (secondary N) is 1. The Hall–Kier alpha value is -1.23. The highest BCUT2D eigenvalue weighted by atomic mass is 32.1. The topological polar surface area (TPSA) is 21.3 Å². The van der Waals surface area contributed by atoms with Gasteiger partial charge in [0.15, 0.2) is 0 Å². The molecule has 0 spiro atoms. The summed E-state index contributed by atoms with van der Waals surface area (Å²) in [6.07, 6.45) is 0.588. The van der Waals surface area contributed by atoms with Gasteiger partial charge in [0.2, 0.25) is 0 Å². The van der Waals surface area contributed by atoms with Crippen LogP contribution in [0.25, 0.3) is 0 Å². The van der Waals surface area contributed by atoms with Crippen molar-refractivity contribution in [2.75, 3.05) is 5.32 Å². The number of anilines is 1. The van der Waals surface area contributed by atoms with Gasteiger partial charge in [-0.25, -0.2) is 0 Å². The van der Waals surface area contributed by atoms with Crippen LogP contribution in [-0.4, -0.2) is 11.6 Å². The molecule has 1 aliphatic rings. The summed E-state index contributed by atoms with van der Waals surface area (Å²) >= 11 is 4.96. The van der Waals surface area contributed by atoms with E-state index in [4.69, 9.17) is 12.2 Å². The Morgan fingerprint density at radius 2 is 2.21 bits per heavy atom. The fourth-order valence-electron chi connectivity index (χ4n) is 1.38. The molecule has 0 aliphatic carbocycles. The van der Waals surface area contributed by atoms with E-state index in [0.29, 0.717) is 11.4 Å². The van der Waals surface area contributed by atoms with Gasteiger partial charge in [0.05, 0.1) is 4.99 Å². The summed E-state index contributed by atoms with van der Waals surface area (Å²) in [6.45, 7) is -2.78. The fraction of sp³-hybridized carbons (Fsp3) is 0.222. The van der Waals surface area contributed by atoms with Gasteiger partial charge < -0.3 is 10.1 Å². The lowest BCUT2D eigenvalue weighted by Crippen LogP contribution is -2.01. The lowest BCUT2D eigenvalue weighted by molar-refractivity contribution is -0.0498. The van der Waals surface area contributed by atoms with Crippen molar-refractivity contribution in [1.29, 1.82) is 0 Å². The molecule has 0 amide bonds. The number of hydrogen-bond acceptors (Lipinski definition) is 2. The average molecular weight is 215 g/mol. The molecule has 2 rings (SSSR count). The summed E-state index contributed by atoms with van der Waals surface area (Å²) in [4.78, 5) is 0.703. The van der Waals surface area contributed by atoms with Crippen molar-refractivity contribution in [3.8, 4) is 5.75 Å². The smallest absolute Gasteiger partial charge is 0.387 e. The quantitative estimate of drug-likeness (QED) is 0.766. The number of hydrogen-bond donors (Lipinski definition) is 1. The Morgan fingerprint density at radius 1 is 1.43 bits per heavy atom. The van der Waals surface area contributed by atoms with Gasteiger partial charge in [0, 0.05) is 12.1 Å². The minimum Gasteiger partial charge on any atom is -0.435 e. The second kappa shape index (κ2) is 3.49. The zero-order valence-electron chi connectivity index (χ0n) is 7.09. The molecule has 1 aromatic carbocycles. The first kappa shape index (κ1) is 9.33. The minimum absolute atomic E-state index is 0.172. The van der Waals surface area contributed by atoms with Crippen LogP contribution in [0.2, 0.25) is 0 Å². The summed E-state index contributed by atoms with van der Waals surface area (Å²) in [7, 11) is 0. The number of thiocarbonyl (C=S) groups is 1. The third-order valence-corrected chi connectivity index (χ3v) is 2.17. The third kappa shape index (κ3) is 1.82. The van der Waals surface area contributed by atoms with Crippen molar-refractivity contribution in [2.45, 2.75) is 13.0 Å². The second-order valence-corrected chi connectivity index (χ2v) is 3.42. The Kier molecular flexibility index (Phi) is 2.33. The van der Waals surface area contributed by atoms with Gasteiger partial charge in [-0.1, -0.05) is 12.2 Å². The summed E-state index contributed by atoms with van der Waals surface area (Å²) in [5.41, 5.74) is 1.77. The van der Waals surface area contributed by atoms with Crippen LogP contribution < -0.4 is 10.1 Å². The number of ether oxygens (including phenoxy) is 1. The van der Waals surface area contributed by atoms with Gasteiger partial charge in [-0.3, -0.25) is 0 Å². The molecule has 5 heteroatoms. The zero-order chi connectivity index (χ0) is 10.1. The Morgan fingerprint density at radius 3 is 2.93 bits per heavy atom. The maximum absolute atomic E-state index is 11.9. The molecule has 74 valence electrons. The van der Waals surface area contributed by atoms with E-state index in [1.165, 1.54) is 6.07 Å². The van der Waals surface area contributed by atoms with Crippen LogP contribution in [0.1, 0.15) is 5.56 Å². The van der Waals surface area contributed by atoms with Crippen LogP contribution in [0, 0.1) is 0 Å². The van der Waals surface area contributed by atoms with E-state index in [1.807, 2.05) is 0 Å². The highest BCUT2D eigenvalue weighted by molar-refractivity contribution is 7.80. The second-order valence-electron chi connectivity index (χ2n) is 2.92. The zero-order valence-corrected chi connectivity index (χ0v) is 7.91. The van der Waals surface area contributed by atoms with E-state index in [9.17, 15) is 8.78 Å². The van der Waals surface area contributed by atoms with E-state index < -0.39 is 6.61 Å². The number of benzene rings is 1. The molecule has 1 aliphatic heterocycles. The minimum atomic E-state index is -2.78. The average Bonchev–Trinajstić information content (AvgIpc) is 2.42. The highest BCUT2D eigenvalue weighted by Crippen LogP contribution is 2.28. The van der Waals surface area contributed by atoms with Gasteiger partial charge >= 0.3 is 6.61 Å². The molecule has 0 fully saturated rings. The first-order valence-corrected chi connectivity index (χ1v) is 4.43. The van der Waals surface area contributed by atoms with Gasteiger partial charge in [-0.05, 0) is 23.8 Å². The van der Waals surface area contributed by atoms with Crippen molar-refractivity contribution in [2.24, 2.45) is 0 Å². The van der Waals surface area contributed by atoms with E-state index in [2.05, 4.69) is 10.1 Å². The molecule has 1 heterocycles. The third-order valence-electron chi connectivity index (χ3n) is 1.93. The predicted molar refractivity (Wildman–Crippen MR) is 53.0 cm³/mol. The van der Waals surface area contributed by atoms with Crippen LogP contribution in [0.4, 0.5) is 14.5 Å². The monoisotopic (exact) mass is 215 g/mol. The molecule has 2 nitrogen and oxygen atoms in total. The first-order chi connectivity index (χ1) is 6.65. The van der Waals surface area contributed by atoms with Crippen molar-refractivity contribution < 1.29 is 13.5 Å². The normalized spacial score (nSPS) is 14.1. The molecule has 0 radical (unpaired) electrons. The van der Waals surface area contributed by atoms with Crippen LogP contribution in [0.5, 0.6) is 5.75 Å². The number of fused-ring (bicyclic) bond motifs is 1. The maximum Gasteiger partial charge on any atom is 0.387 e. The van der Waals surface area contributed by atoms with Crippen molar-refractivity contribution in [3.63, 3.8) is 0 Å². The Bertz CT molecular complexity index is 381. The molecular weight excluding hydrogens is 208 g/mol. The van der Waals surface area contributed by atoms with Crippen LogP contribution >= 0.6 is 12.2 Å². The molecule has 0 saturated carbocycles. The van der Waals surface area contributed by atoms with Crippen LogP contribution in [0.15, 0.2) is 18.2 Å². The molecule has 0 saturated heterocycles. The number of rotatable bonds is 2. The van der Waals surface area contributed by atoms with Gasteiger partial charge in [-0.2, -0.15) is 8.78 Å². The molecule has 1 N–H and O–H groups in total. The lowest BCUT2D eigenvalue weighted by atomic mass is 10.1. The standard InChI is InChI=1S/C9H7F2NOS/c10-9(11)13-6-1-2-7-5(3-6)4-8(14)12-7/h1-3,9H,4H2,(H,12,14). The van der Waals surface area contributed by atoms with Crippen molar-refractivity contribution in [3.05, 3.63) is 23.8 Å². The van der Waals surface area contributed by atoms with Gasteiger partial charge in [-0.15, -0.1) is 0 Å². The maximum atomic E-state index is 11.9. The predicted octanol–water partition coefficient (Wildman–Crippen LogP) is 2.58. The fourth-order valence-corrected chi connectivity index (χ4v) is 1.65. The number of alkyl halides is 2. The summed E-state index contributed by atoms with van der Waals surface area (Å²) in [5, 5.41) is 2.97. The SMILES string of the molecule is FC(F)Oc1ccc2c(c1)CC(=S)N2. The van der Waals surface area contributed by atoms with Gasteiger partial charge in [0.1, 0.15) is 5.75 Å². The highest BCUT2D eigenvalue weighted by Gasteiger charge is 2.15. The molecular formula is C9H7F2NOS. The molecule has 0 unspecified atom stereocenters. The van der Waals surface area contributed by atoms with E-state index in [-0.39, 0.29) is 5.75 Å². The van der Waals surface area contributed by atoms with Gasteiger partial charge in [0.25, 0.3) is 0 Å². The van der Waals surface area contributed by atoms with E-state index in [1.54, 1.807) is 12.1 Å². The summed E-state index contributed by atoms with van der Waals surface area (Å²) < 4.78 is 28.0. The largest absolute Gasteiger partial charge is 0.435 e. The van der Waals surface area contributed by atoms with Crippen LogP contribution in [0.3, 0.4) is 0 Å². The van der Waals surface area contributed by atoms with Crippen LogP contribution in [-0.2, 0) is 6.42 Å². The molecule has 1 aromatic rings. The lowest BCUT2D eigenvalue weighted by Gasteiger charge is -2.05. The van der Waals surface area contributed by atoms with Crippen molar-refractivity contribution >= 4 is 22.9 Å². The first-order valence-electron chi connectivity index (χ1n) is 4.03. The van der Waals surface area contributed by atoms with Crippen molar-refractivity contribution in [1.82, 2.24) is 0 Å². The summed E-state index contributed by atoms with van der Waals surface area (Å²) in [6, 6.07) is 4.76. The van der Waals surface area contributed by atoms with E-state index in [0.717, 1.165) is 11.3 Å². The Labute approximate surface area is 84.9 Å².